The minimum Gasteiger partial charge on any atom is -0.453 e. The van der Waals surface area contributed by atoms with E-state index in [9.17, 15) is 4.79 Å². The van der Waals surface area contributed by atoms with Crippen LogP contribution >= 0.6 is 0 Å². The van der Waals surface area contributed by atoms with E-state index in [0.717, 1.165) is 5.56 Å². The van der Waals surface area contributed by atoms with E-state index in [0.29, 0.717) is 23.3 Å². The lowest BCUT2D eigenvalue weighted by Crippen LogP contribution is -1.89. The van der Waals surface area contributed by atoms with Crippen molar-refractivity contribution in [3.8, 4) is 17.4 Å². The number of nitrogen functional groups attached to an aromatic ring is 1. The van der Waals surface area contributed by atoms with E-state index in [-0.39, 0.29) is 5.76 Å². The Labute approximate surface area is 91.9 Å². The van der Waals surface area contributed by atoms with E-state index < -0.39 is 0 Å². The van der Waals surface area contributed by atoms with Gasteiger partial charge in [-0.2, -0.15) is 5.26 Å². The Balaban J connectivity index is 2.48. The zero-order chi connectivity index (χ0) is 11.5. The van der Waals surface area contributed by atoms with E-state index in [1.54, 1.807) is 30.3 Å². The summed E-state index contributed by atoms with van der Waals surface area (Å²) in [6.45, 7) is 0. The smallest absolute Gasteiger partial charge is 0.185 e. The second kappa shape index (κ2) is 3.91. The Kier molecular flexibility index (Phi) is 2.44. The summed E-state index contributed by atoms with van der Waals surface area (Å²) in [5.74, 6) is 0.795. The molecule has 78 valence electrons. The molecular weight excluding hydrogens is 204 g/mol. The predicted octanol–water partition coefficient (Wildman–Crippen LogP) is 2.21. The number of carbonyl (C=O) groups is 1. The van der Waals surface area contributed by atoms with Crippen molar-refractivity contribution in [2.45, 2.75) is 0 Å². The molecule has 0 aliphatic carbocycles. The summed E-state index contributed by atoms with van der Waals surface area (Å²) in [7, 11) is 0. The third-order valence-corrected chi connectivity index (χ3v) is 2.20. The van der Waals surface area contributed by atoms with Crippen molar-refractivity contribution in [2.75, 3.05) is 5.73 Å². The summed E-state index contributed by atoms with van der Waals surface area (Å²) < 4.78 is 5.24. The number of benzene rings is 1. The maximum absolute atomic E-state index is 10.5. The van der Waals surface area contributed by atoms with Crippen molar-refractivity contribution in [3.63, 3.8) is 0 Å². The van der Waals surface area contributed by atoms with Crippen LogP contribution in [0.5, 0.6) is 0 Å². The number of carbonyl (C=O) groups excluding carboxylic acids is 1. The monoisotopic (exact) mass is 212 g/mol. The molecule has 2 N–H and O–H groups in total. The van der Waals surface area contributed by atoms with Gasteiger partial charge in [0.25, 0.3) is 0 Å². The van der Waals surface area contributed by atoms with E-state index in [2.05, 4.69) is 0 Å². The molecule has 0 aliphatic rings. The molecule has 1 heterocycles. The number of furan rings is 1. The summed E-state index contributed by atoms with van der Waals surface area (Å²) in [6, 6.07) is 10.2. The van der Waals surface area contributed by atoms with Gasteiger partial charge in [-0.15, -0.1) is 0 Å². The predicted molar refractivity (Wildman–Crippen MR) is 58.7 cm³/mol. The van der Waals surface area contributed by atoms with Gasteiger partial charge in [0.05, 0.1) is 5.56 Å². The molecular formula is C12H8N2O2. The maximum atomic E-state index is 10.5. The highest BCUT2D eigenvalue weighted by Crippen LogP contribution is 2.24. The van der Waals surface area contributed by atoms with E-state index >= 15 is 0 Å². The lowest BCUT2D eigenvalue weighted by atomic mass is 10.1. The zero-order valence-corrected chi connectivity index (χ0v) is 8.31. The molecule has 0 bridgehead atoms. The quantitative estimate of drug-likeness (QED) is 0.611. The highest BCUT2D eigenvalue weighted by Gasteiger charge is 2.06. The van der Waals surface area contributed by atoms with Crippen LogP contribution in [0.1, 0.15) is 16.1 Å². The molecule has 0 amide bonds. The Morgan fingerprint density at radius 1 is 1.31 bits per heavy atom. The average Bonchev–Trinajstić information content (AvgIpc) is 2.78. The van der Waals surface area contributed by atoms with Gasteiger partial charge in [-0.1, -0.05) is 0 Å². The molecule has 0 radical (unpaired) electrons. The normalized spacial score (nSPS) is 9.69. The SMILES string of the molecule is N#Cc1cc(-c2ccc(C=O)o2)ccc1N. The van der Waals surface area contributed by atoms with Gasteiger partial charge in [-0.05, 0) is 30.3 Å². The molecule has 4 nitrogen and oxygen atoms in total. The van der Waals surface area contributed by atoms with E-state index in [4.69, 9.17) is 15.4 Å². The highest BCUT2D eigenvalue weighted by atomic mass is 16.3. The second-order valence-corrected chi connectivity index (χ2v) is 3.23. The first-order chi connectivity index (χ1) is 7.74. The molecule has 0 atom stereocenters. The van der Waals surface area contributed by atoms with Crippen LogP contribution in [-0.4, -0.2) is 6.29 Å². The van der Waals surface area contributed by atoms with Gasteiger partial charge in [0.15, 0.2) is 12.0 Å². The zero-order valence-electron chi connectivity index (χ0n) is 8.31. The number of nitriles is 1. The third-order valence-electron chi connectivity index (χ3n) is 2.20. The first-order valence-electron chi connectivity index (χ1n) is 4.59. The summed E-state index contributed by atoms with van der Waals surface area (Å²) in [4.78, 5) is 10.5. The molecule has 0 saturated heterocycles. The summed E-state index contributed by atoms with van der Waals surface area (Å²) in [5.41, 5.74) is 7.14. The van der Waals surface area contributed by atoms with Gasteiger partial charge in [0.2, 0.25) is 0 Å². The molecule has 2 aromatic rings. The van der Waals surface area contributed by atoms with Crippen LogP contribution in [0.15, 0.2) is 34.7 Å². The fourth-order valence-corrected chi connectivity index (χ4v) is 1.38. The highest BCUT2D eigenvalue weighted by molar-refractivity contribution is 5.73. The molecule has 1 aromatic heterocycles. The van der Waals surface area contributed by atoms with Crippen molar-refractivity contribution < 1.29 is 9.21 Å². The lowest BCUT2D eigenvalue weighted by Gasteiger charge is -2.00. The molecule has 0 saturated carbocycles. The number of hydrogen-bond acceptors (Lipinski definition) is 4. The van der Waals surface area contributed by atoms with Gasteiger partial charge in [0.1, 0.15) is 11.8 Å². The average molecular weight is 212 g/mol. The topological polar surface area (TPSA) is 80.0 Å². The minimum absolute atomic E-state index is 0.255. The van der Waals surface area contributed by atoms with Crippen molar-refractivity contribution in [1.29, 1.82) is 5.26 Å². The standard InChI is InChI=1S/C12H8N2O2/c13-6-9-5-8(1-3-11(9)14)12-4-2-10(7-15)16-12/h1-5,7H,14H2. The molecule has 0 unspecified atom stereocenters. The molecule has 0 aliphatic heterocycles. The van der Waals surface area contributed by atoms with Crippen LogP contribution in [-0.2, 0) is 0 Å². The van der Waals surface area contributed by atoms with Crippen LogP contribution in [0.3, 0.4) is 0 Å². The Morgan fingerprint density at radius 2 is 2.12 bits per heavy atom. The summed E-state index contributed by atoms with van der Waals surface area (Å²) >= 11 is 0. The number of aldehydes is 1. The first kappa shape index (κ1) is 9.99. The van der Waals surface area contributed by atoms with Gasteiger partial charge in [-0.3, -0.25) is 4.79 Å². The van der Waals surface area contributed by atoms with Crippen LogP contribution in [0, 0.1) is 11.3 Å². The van der Waals surface area contributed by atoms with Crippen molar-refractivity contribution in [3.05, 3.63) is 41.7 Å². The molecule has 4 heteroatoms. The van der Waals surface area contributed by atoms with E-state index in [1.165, 1.54) is 0 Å². The maximum Gasteiger partial charge on any atom is 0.185 e. The van der Waals surface area contributed by atoms with Crippen LogP contribution in [0.4, 0.5) is 5.69 Å². The van der Waals surface area contributed by atoms with Crippen molar-refractivity contribution in [1.82, 2.24) is 0 Å². The van der Waals surface area contributed by atoms with E-state index in [1.807, 2.05) is 6.07 Å². The molecule has 16 heavy (non-hydrogen) atoms. The minimum atomic E-state index is 0.255. The van der Waals surface area contributed by atoms with Crippen molar-refractivity contribution >= 4 is 12.0 Å². The van der Waals surface area contributed by atoms with Crippen LogP contribution in [0.25, 0.3) is 11.3 Å². The first-order valence-corrected chi connectivity index (χ1v) is 4.59. The third kappa shape index (κ3) is 1.66. The molecule has 0 spiro atoms. The Hall–Kier alpha value is -2.54. The van der Waals surface area contributed by atoms with Gasteiger partial charge in [0, 0.05) is 11.3 Å². The Morgan fingerprint density at radius 3 is 2.75 bits per heavy atom. The number of nitrogens with two attached hydrogens (primary N) is 1. The molecule has 0 fully saturated rings. The van der Waals surface area contributed by atoms with Crippen LogP contribution in [0.2, 0.25) is 0 Å². The lowest BCUT2D eigenvalue weighted by molar-refractivity contribution is 0.110. The largest absolute Gasteiger partial charge is 0.453 e. The molecule has 2 rings (SSSR count). The van der Waals surface area contributed by atoms with Crippen LogP contribution < -0.4 is 5.73 Å². The fraction of sp³-hybridized carbons (Fsp3) is 0. The summed E-state index contributed by atoms with van der Waals surface area (Å²) in [6.07, 6.45) is 0.631. The molecule has 1 aromatic carbocycles. The number of hydrogen-bond donors (Lipinski definition) is 1. The van der Waals surface area contributed by atoms with Gasteiger partial charge < -0.3 is 10.2 Å². The number of nitrogens with zero attached hydrogens (tertiary/aromatic N) is 1. The number of anilines is 1. The fourth-order valence-electron chi connectivity index (χ4n) is 1.38. The summed E-state index contributed by atoms with van der Waals surface area (Å²) in [5, 5.41) is 8.82. The Bertz CT molecular complexity index is 579. The van der Waals surface area contributed by atoms with Gasteiger partial charge in [-0.25, -0.2) is 0 Å². The number of rotatable bonds is 2. The van der Waals surface area contributed by atoms with Gasteiger partial charge >= 0.3 is 0 Å². The second-order valence-electron chi connectivity index (χ2n) is 3.23. The van der Waals surface area contributed by atoms with Crippen molar-refractivity contribution in [2.24, 2.45) is 0 Å².